The van der Waals surface area contributed by atoms with Gasteiger partial charge in [0.15, 0.2) is 0 Å². The summed E-state index contributed by atoms with van der Waals surface area (Å²) < 4.78 is 11.3. The molecule has 0 spiro atoms. The summed E-state index contributed by atoms with van der Waals surface area (Å²) in [5, 5.41) is 13.4. The Bertz CT molecular complexity index is 1540. The molecule has 1 unspecified atom stereocenters. The van der Waals surface area contributed by atoms with E-state index in [1.807, 2.05) is 98.8 Å². The highest BCUT2D eigenvalue weighted by atomic mass is 16.5. The topological polar surface area (TPSA) is 76.1 Å². The second-order valence-electron chi connectivity index (χ2n) is 9.54. The van der Waals surface area contributed by atoms with E-state index < -0.39 is 17.7 Å². The van der Waals surface area contributed by atoms with E-state index in [0.29, 0.717) is 22.6 Å². The van der Waals surface area contributed by atoms with E-state index >= 15 is 0 Å². The molecule has 0 aliphatic carbocycles. The quantitative estimate of drug-likeness (QED) is 0.182. The minimum Gasteiger partial charge on any atom is -0.507 e. The average molecular weight is 508 g/mol. The molecule has 5 rings (SSSR count). The molecule has 1 fully saturated rings. The van der Waals surface area contributed by atoms with Crippen LogP contribution in [-0.4, -0.2) is 34.9 Å². The van der Waals surface area contributed by atoms with E-state index in [4.69, 9.17) is 9.47 Å². The van der Waals surface area contributed by atoms with E-state index in [0.717, 1.165) is 16.3 Å². The van der Waals surface area contributed by atoms with Gasteiger partial charge in [0.1, 0.15) is 17.3 Å². The maximum absolute atomic E-state index is 13.5. The van der Waals surface area contributed by atoms with Gasteiger partial charge in [0.25, 0.3) is 11.7 Å². The van der Waals surface area contributed by atoms with E-state index in [1.165, 1.54) is 4.90 Å². The van der Waals surface area contributed by atoms with Crippen molar-refractivity contribution in [2.45, 2.75) is 32.5 Å². The number of rotatable bonds is 7. The summed E-state index contributed by atoms with van der Waals surface area (Å²) in [6.45, 7) is 4.03. The Morgan fingerprint density at radius 3 is 2.29 bits per heavy atom. The molecule has 1 amide bonds. The summed E-state index contributed by atoms with van der Waals surface area (Å²) >= 11 is 0. The highest BCUT2D eigenvalue weighted by Crippen LogP contribution is 2.41. The van der Waals surface area contributed by atoms with Crippen molar-refractivity contribution in [2.75, 3.05) is 7.11 Å². The van der Waals surface area contributed by atoms with Crippen molar-refractivity contribution in [3.05, 3.63) is 113 Å². The molecule has 0 saturated carbocycles. The second-order valence-corrected chi connectivity index (χ2v) is 9.54. The Hall–Kier alpha value is -4.58. The molecule has 0 aromatic heterocycles. The van der Waals surface area contributed by atoms with E-state index in [9.17, 15) is 14.7 Å². The Morgan fingerprint density at radius 2 is 1.58 bits per heavy atom. The van der Waals surface area contributed by atoms with Crippen LogP contribution in [0.1, 0.15) is 36.6 Å². The number of carbonyl (C=O) groups excluding carboxylic acids is 2. The fourth-order valence-corrected chi connectivity index (χ4v) is 4.90. The molecule has 4 aromatic rings. The largest absolute Gasteiger partial charge is 0.507 e. The Balaban J connectivity index is 1.64. The average Bonchev–Trinajstić information content (AvgIpc) is 3.17. The van der Waals surface area contributed by atoms with Crippen LogP contribution in [0.25, 0.3) is 16.5 Å². The van der Waals surface area contributed by atoms with E-state index in [-0.39, 0.29) is 24.0 Å². The highest BCUT2D eigenvalue weighted by molar-refractivity contribution is 6.46. The SMILES string of the molecule is COc1ccccc1CN1C(=O)C(=O)/C(=C(\O)c2ccc3ccccc3c2)C1c1ccc(OC(C)C)cc1. The van der Waals surface area contributed by atoms with Crippen molar-refractivity contribution < 1.29 is 24.2 Å². The second kappa shape index (κ2) is 10.4. The number of likely N-dealkylation sites (tertiary alicyclic amines) is 1. The zero-order valence-corrected chi connectivity index (χ0v) is 21.5. The van der Waals surface area contributed by atoms with Crippen molar-refractivity contribution in [3.8, 4) is 11.5 Å². The summed E-state index contributed by atoms with van der Waals surface area (Å²) in [7, 11) is 1.57. The maximum atomic E-state index is 13.5. The fourth-order valence-electron chi connectivity index (χ4n) is 4.90. The van der Waals surface area contributed by atoms with Crippen molar-refractivity contribution in [3.63, 3.8) is 0 Å². The molecule has 6 heteroatoms. The van der Waals surface area contributed by atoms with Gasteiger partial charge in [-0.1, -0.05) is 66.7 Å². The van der Waals surface area contributed by atoms with Gasteiger partial charge in [-0.3, -0.25) is 9.59 Å². The molecule has 1 aliphatic rings. The van der Waals surface area contributed by atoms with Crippen LogP contribution >= 0.6 is 0 Å². The van der Waals surface area contributed by atoms with Crippen molar-refractivity contribution >= 4 is 28.2 Å². The smallest absolute Gasteiger partial charge is 0.295 e. The lowest BCUT2D eigenvalue weighted by molar-refractivity contribution is -0.140. The van der Waals surface area contributed by atoms with Gasteiger partial charge in [0.05, 0.1) is 31.4 Å². The van der Waals surface area contributed by atoms with Gasteiger partial charge in [-0.15, -0.1) is 0 Å². The van der Waals surface area contributed by atoms with Crippen LogP contribution in [-0.2, 0) is 16.1 Å². The van der Waals surface area contributed by atoms with Gasteiger partial charge in [0.2, 0.25) is 0 Å². The van der Waals surface area contributed by atoms with E-state index in [1.54, 1.807) is 13.2 Å². The van der Waals surface area contributed by atoms with Crippen molar-refractivity contribution in [1.82, 2.24) is 4.90 Å². The number of para-hydroxylation sites is 1. The number of ketones is 1. The normalized spacial score (nSPS) is 16.8. The minimum atomic E-state index is -0.792. The van der Waals surface area contributed by atoms with E-state index in [2.05, 4.69) is 0 Å². The predicted octanol–water partition coefficient (Wildman–Crippen LogP) is 6.26. The lowest BCUT2D eigenvalue weighted by Gasteiger charge is -2.26. The number of fused-ring (bicyclic) bond motifs is 1. The predicted molar refractivity (Wildman–Crippen MR) is 147 cm³/mol. The third-order valence-electron chi connectivity index (χ3n) is 6.66. The van der Waals surface area contributed by atoms with Crippen LogP contribution < -0.4 is 9.47 Å². The van der Waals surface area contributed by atoms with Crippen LogP contribution in [0.4, 0.5) is 0 Å². The lowest BCUT2D eigenvalue weighted by atomic mass is 9.94. The number of benzene rings is 4. The first-order chi connectivity index (χ1) is 18.4. The van der Waals surface area contributed by atoms with Gasteiger partial charge in [-0.05, 0) is 54.4 Å². The number of hydrogen-bond donors (Lipinski definition) is 1. The molecule has 38 heavy (non-hydrogen) atoms. The van der Waals surface area contributed by atoms with Crippen LogP contribution in [0, 0.1) is 0 Å². The summed E-state index contributed by atoms with van der Waals surface area (Å²) in [4.78, 5) is 28.4. The summed E-state index contributed by atoms with van der Waals surface area (Å²) in [5.74, 6) is -0.309. The first-order valence-corrected chi connectivity index (χ1v) is 12.5. The first-order valence-electron chi connectivity index (χ1n) is 12.5. The molecule has 1 heterocycles. The van der Waals surface area contributed by atoms with Crippen LogP contribution in [0.15, 0.2) is 96.6 Å². The molecule has 4 aromatic carbocycles. The number of nitrogens with zero attached hydrogens (tertiary/aromatic N) is 1. The summed E-state index contributed by atoms with van der Waals surface area (Å²) in [6.07, 6.45) is 0.00457. The zero-order valence-electron chi connectivity index (χ0n) is 21.5. The van der Waals surface area contributed by atoms with Crippen LogP contribution in [0.3, 0.4) is 0 Å². The number of aliphatic hydroxyl groups excluding tert-OH is 1. The molecule has 1 aliphatic heterocycles. The molecule has 0 bridgehead atoms. The first kappa shape index (κ1) is 25.1. The fraction of sp³-hybridized carbons (Fsp3) is 0.188. The number of methoxy groups -OCH3 is 1. The minimum absolute atomic E-state index is 0.00457. The monoisotopic (exact) mass is 507 g/mol. The number of Topliss-reactive ketones (excluding diaryl/α,β-unsaturated/α-hetero) is 1. The molecule has 1 N–H and O–H groups in total. The molecule has 1 atom stereocenters. The lowest BCUT2D eigenvalue weighted by Crippen LogP contribution is -2.29. The number of amides is 1. The Labute approximate surface area is 221 Å². The zero-order chi connectivity index (χ0) is 26.8. The molecular weight excluding hydrogens is 478 g/mol. The van der Waals surface area contributed by atoms with Crippen LogP contribution in [0.5, 0.6) is 11.5 Å². The Morgan fingerprint density at radius 1 is 0.895 bits per heavy atom. The van der Waals surface area contributed by atoms with Crippen LogP contribution in [0.2, 0.25) is 0 Å². The standard InChI is InChI=1S/C32H29NO5/c1-20(2)38-26-16-14-22(15-17-26)29-28(30(34)24-13-12-21-8-4-5-9-23(21)18-24)31(35)32(36)33(29)19-25-10-6-7-11-27(25)37-3/h4-18,20,29,34H,19H2,1-3H3/b30-28-. The van der Waals surface area contributed by atoms with Gasteiger partial charge in [-0.2, -0.15) is 0 Å². The molecular formula is C32H29NO5. The molecule has 0 radical (unpaired) electrons. The number of aliphatic hydroxyl groups is 1. The van der Waals surface area contributed by atoms with Crippen molar-refractivity contribution in [2.24, 2.45) is 0 Å². The number of carbonyl (C=O) groups is 2. The van der Waals surface area contributed by atoms with Crippen molar-refractivity contribution in [1.29, 1.82) is 0 Å². The van der Waals surface area contributed by atoms with Gasteiger partial charge >= 0.3 is 0 Å². The third kappa shape index (κ3) is 4.73. The van der Waals surface area contributed by atoms with Gasteiger partial charge in [0, 0.05) is 11.1 Å². The molecule has 1 saturated heterocycles. The van der Waals surface area contributed by atoms with Gasteiger partial charge < -0.3 is 19.5 Å². The molecule has 192 valence electrons. The number of hydrogen-bond acceptors (Lipinski definition) is 5. The maximum Gasteiger partial charge on any atom is 0.295 e. The summed E-state index contributed by atoms with van der Waals surface area (Å²) in [5.41, 5.74) is 1.98. The third-order valence-corrected chi connectivity index (χ3v) is 6.66. The number of ether oxygens (including phenoxy) is 2. The summed E-state index contributed by atoms with van der Waals surface area (Å²) in [6, 6.07) is 27.1. The Kier molecular flexibility index (Phi) is 6.88. The molecule has 6 nitrogen and oxygen atoms in total. The van der Waals surface area contributed by atoms with Gasteiger partial charge in [-0.25, -0.2) is 0 Å². The highest BCUT2D eigenvalue weighted by Gasteiger charge is 2.46.